The molecule has 1 aliphatic rings. The van der Waals surface area contributed by atoms with Gasteiger partial charge in [0.2, 0.25) is 0 Å². The highest BCUT2D eigenvalue weighted by Gasteiger charge is 2.10. The first-order valence-corrected chi connectivity index (χ1v) is 4.83. The Balaban J connectivity index is 2.34. The van der Waals surface area contributed by atoms with E-state index in [-0.39, 0.29) is 0 Å². The Bertz CT molecular complexity index is 347. The largest absolute Gasteiger partial charge is 0.496 e. The van der Waals surface area contributed by atoms with Crippen LogP contribution >= 0.6 is 0 Å². The number of hydrogen-bond donors (Lipinski definition) is 1. The van der Waals surface area contributed by atoms with E-state index < -0.39 is 0 Å². The number of benzene rings is 1. The fourth-order valence-corrected chi connectivity index (χ4v) is 1.55. The minimum absolute atomic E-state index is 0.876. The molecule has 2 rings (SSSR count). The van der Waals surface area contributed by atoms with Crippen LogP contribution in [0.15, 0.2) is 29.3 Å². The van der Waals surface area contributed by atoms with Gasteiger partial charge in [0.1, 0.15) is 11.6 Å². The molecular formula is C11H14N2O. The summed E-state index contributed by atoms with van der Waals surface area (Å²) in [5.74, 6) is 1.83. The van der Waals surface area contributed by atoms with Crippen LogP contribution in [-0.4, -0.2) is 26.0 Å². The standard InChI is InChI=1S/C11H14N2O/c1-14-10-6-3-2-5-9(10)11-12-7-4-8-13-11/h2-3,5-6H,4,7-8H2,1H3,(H,12,13). The number of rotatable bonds is 2. The second-order valence-electron chi connectivity index (χ2n) is 3.21. The molecule has 0 fully saturated rings. The minimum atomic E-state index is 0.876. The van der Waals surface area contributed by atoms with E-state index in [4.69, 9.17) is 4.74 Å². The van der Waals surface area contributed by atoms with Crippen LogP contribution in [0.5, 0.6) is 5.75 Å². The molecule has 1 N–H and O–H groups in total. The normalized spacial score (nSPS) is 15.6. The van der Waals surface area contributed by atoms with Gasteiger partial charge in [0.25, 0.3) is 0 Å². The van der Waals surface area contributed by atoms with Crippen molar-refractivity contribution in [2.45, 2.75) is 6.42 Å². The minimum Gasteiger partial charge on any atom is -0.496 e. The molecule has 1 aromatic rings. The predicted octanol–water partition coefficient (Wildman–Crippen LogP) is 1.44. The van der Waals surface area contributed by atoms with E-state index in [0.29, 0.717) is 0 Å². The quantitative estimate of drug-likeness (QED) is 0.765. The molecule has 1 heterocycles. The first-order valence-electron chi connectivity index (χ1n) is 4.83. The smallest absolute Gasteiger partial charge is 0.132 e. The van der Waals surface area contributed by atoms with Crippen LogP contribution in [0, 0.1) is 0 Å². The Hall–Kier alpha value is -1.51. The fraction of sp³-hybridized carbons (Fsp3) is 0.364. The molecule has 0 saturated heterocycles. The van der Waals surface area contributed by atoms with Crippen molar-refractivity contribution in [2.24, 2.45) is 4.99 Å². The van der Waals surface area contributed by atoms with Crippen LogP contribution in [0.1, 0.15) is 12.0 Å². The SMILES string of the molecule is COc1ccccc1C1=NCCCN1. The van der Waals surface area contributed by atoms with Gasteiger partial charge in [-0.3, -0.25) is 4.99 Å². The highest BCUT2D eigenvalue weighted by atomic mass is 16.5. The van der Waals surface area contributed by atoms with Gasteiger partial charge in [0.05, 0.1) is 12.7 Å². The Labute approximate surface area is 83.8 Å². The molecule has 0 aromatic heterocycles. The van der Waals surface area contributed by atoms with Gasteiger partial charge < -0.3 is 10.1 Å². The van der Waals surface area contributed by atoms with Crippen LogP contribution in [0.3, 0.4) is 0 Å². The summed E-state index contributed by atoms with van der Waals surface area (Å²) in [6.07, 6.45) is 1.11. The average molecular weight is 190 g/mol. The van der Waals surface area contributed by atoms with Crippen molar-refractivity contribution in [1.29, 1.82) is 0 Å². The molecule has 14 heavy (non-hydrogen) atoms. The molecule has 74 valence electrons. The zero-order valence-electron chi connectivity index (χ0n) is 8.29. The number of para-hydroxylation sites is 1. The fourth-order valence-electron chi connectivity index (χ4n) is 1.55. The van der Waals surface area contributed by atoms with Crippen LogP contribution in [0.4, 0.5) is 0 Å². The van der Waals surface area contributed by atoms with Crippen molar-refractivity contribution in [1.82, 2.24) is 5.32 Å². The first-order chi connectivity index (χ1) is 6.92. The summed E-state index contributed by atoms with van der Waals surface area (Å²) in [4.78, 5) is 4.43. The number of ether oxygens (including phenoxy) is 1. The highest BCUT2D eigenvalue weighted by molar-refractivity contribution is 6.01. The van der Waals surface area contributed by atoms with Gasteiger partial charge in [-0.15, -0.1) is 0 Å². The summed E-state index contributed by atoms with van der Waals surface area (Å²) in [5.41, 5.74) is 1.05. The molecule has 0 radical (unpaired) electrons. The first kappa shape index (κ1) is 9.06. The molecule has 0 atom stereocenters. The van der Waals surface area contributed by atoms with Gasteiger partial charge in [-0.2, -0.15) is 0 Å². The van der Waals surface area contributed by atoms with Crippen molar-refractivity contribution in [3.8, 4) is 5.75 Å². The molecule has 3 heteroatoms. The van der Waals surface area contributed by atoms with Crippen LogP contribution in [0.2, 0.25) is 0 Å². The monoisotopic (exact) mass is 190 g/mol. The Morgan fingerprint density at radius 1 is 1.36 bits per heavy atom. The second-order valence-corrected chi connectivity index (χ2v) is 3.21. The molecule has 1 aromatic carbocycles. The number of methoxy groups -OCH3 is 1. The maximum absolute atomic E-state index is 5.28. The number of nitrogens with zero attached hydrogens (tertiary/aromatic N) is 1. The summed E-state index contributed by atoms with van der Waals surface area (Å²) < 4.78 is 5.28. The maximum Gasteiger partial charge on any atom is 0.132 e. The molecule has 0 aliphatic carbocycles. The van der Waals surface area contributed by atoms with Gasteiger partial charge in [0.15, 0.2) is 0 Å². The molecule has 0 amide bonds. The number of amidine groups is 1. The Kier molecular flexibility index (Phi) is 2.68. The van der Waals surface area contributed by atoms with Gasteiger partial charge in [0, 0.05) is 13.1 Å². The number of hydrogen-bond acceptors (Lipinski definition) is 3. The summed E-state index contributed by atoms with van der Waals surface area (Å²) >= 11 is 0. The zero-order valence-corrected chi connectivity index (χ0v) is 8.29. The topological polar surface area (TPSA) is 33.6 Å². The zero-order chi connectivity index (χ0) is 9.80. The third kappa shape index (κ3) is 1.71. The average Bonchev–Trinajstić information content (AvgIpc) is 2.30. The molecule has 1 aliphatic heterocycles. The lowest BCUT2D eigenvalue weighted by Gasteiger charge is -2.16. The lowest BCUT2D eigenvalue weighted by molar-refractivity contribution is 0.413. The van der Waals surface area contributed by atoms with Crippen molar-refractivity contribution >= 4 is 5.84 Å². The highest BCUT2D eigenvalue weighted by Crippen LogP contribution is 2.18. The van der Waals surface area contributed by atoms with Crippen LogP contribution < -0.4 is 10.1 Å². The molecule has 0 unspecified atom stereocenters. The van der Waals surface area contributed by atoms with Crippen molar-refractivity contribution in [3.63, 3.8) is 0 Å². The van der Waals surface area contributed by atoms with Crippen molar-refractivity contribution in [2.75, 3.05) is 20.2 Å². The van der Waals surface area contributed by atoms with Crippen molar-refractivity contribution < 1.29 is 4.74 Å². The Morgan fingerprint density at radius 2 is 2.21 bits per heavy atom. The van der Waals surface area contributed by atoms with E-state index in [0.717, 1.165) is 36.7 Å². The summed E-state index contributed by atoms with van der Waals surface area (Å²) in [7, 11) is 1.68. The van der Waals surface area contributed by atoms with Crippen LogP contribution in [0.25, 0.3) is 0 Å². The van der Waals surface area contributed by atoms with Gasteiger partial charge in [-0.25, -0.2) is 0 Å². The maximum atomic E-state index is 5.28. The van der Waals surface area contributed by atoms with E-state index in [9.17, 15) is 0 Å². The van der Waals surface area contributed by atoms with E-state index in [1.807, 2.05) is 24.3 Å². The van der Waals surface area contributed by atoms with Gasteiger partial charge in [-0.05, 0) is 18.6 Å². The lowest BCUT2D eigenvalue weighted by Crippen LogP contribution is -2.30. The molecule has 3 nitrogen and oxygen atoms in total. The Morgan fingerprint density at radius 3 is 2.93 bits per heavy atom. The second kappa shape index (κ2) is 4.13. The predicted molar refractivity (Wildman–Crippen MR) is 57.0 cm³/mol. The molecular weight excluding hydrogens is 176 g/mol. The number of aliphatic imine (C=N–C) groups is 1. The summed E-state index contributed by atoms with van der Waals surface area (Å²) in [6, 6.07) is 7.94. The van der Waals surface area contributed by atoms with Crippen molar-refractivity contribution in [3.05, 3.63) is 29.8 Å². The van der Waals surface area contributed by atoms with E-state index in [1.165, 1.54) is 0 Å². The van der Waals surface area contributed by atoms with E-state index in [1.54, 1.807) is 7.11 Å². The third-order valence-corrected chi connectivity index (χ3v) is 2.26. The summed E-state index contributed by atoms with van der Waals surface area (Å²) in [6.45, 7) is 1.90. The third-order valence-electron chi connectivity index (χ3n) is 2.26. The van der Waals surface area contributed by atoms with Gasteiger partial charge >= 0.3 is 0 Å². The van der Waals surface area contributed by atoms with E-state index in [2.05, 4.69) is 10.3 Å². The molecule has 0 saturated carbocycles. The summed E-state index contributed by atoms with van der Waals surface area (Å²) in [5, 5.41) is 3.28. The van der Waals surface area contributed by atoms with Gasteiger partial charge in [-0.1, -0.05) is 12.1 Å². The van der Waals surface area contributed by atoms with Crippen LogP contribution in [-0.2, 0) is 0 Å². The molecule has 0 bridgehead atoms. The van der Waals surface area contributed by atoms with E-state index >= 15 is 0 Å². The molecule has 0 spiro atoms. The lowest BCUT2D eigenvalue weighted by atomic mass is 10.1. The number of nitrogens with one attached hydrogen (secondary N) is 1.